The Labute approximate surface area is 83.7 Å². The maximum absolute atomic E-state index is 12.9. The number of nitriles is 1. The van der Waals surface area contributed by atoms with Gasteiger partial charge < -0.3 is 5.11 Å². The minimum atomic E-state index is -0.521. The summed E-state index contributed by atoms with van der Waals surface area (Å²) in [4.78, 5) is 0. The number of phenols is 1. The molecule has 0 spiro atoms. The van der Waals surface area contributed by atoms with Crippen molar-refractivity contribution in [3.8, 4) is 11.8 Å². The zero-order valence-electron chi connectivity index (χ0n) is 6.88. The third-order valence-electron chi connectivity index (χ3n) is 1.72. The van der Waals surface area contributed by atoms with Gasteiger partial charge in [0.2, 0.25) is 0 Å². The summed E-state index contributed by atoms with van der Waals surface area (Å²) in [5, 5.41) is 18.1. The van der Waals surface area contributed by atoms with Crippen LogP contribution in [0.25, 0.3) is 0 Å². The van der Waals surface area contributed by atoms with Crippen molar-refractivity contribution in [2.45, 2.75) is 12.8 Å². The van der Waals surface area contributed by atoms with Gasteiger partial charge >= 0.3 is 0 Å². The van der Waals surface area contributed by atoms with Gasteiger partial charge in [0.15, 0.2) is 0 Å². The number of nitrogens with zero attached hydrogens (tertiary/aromatic N) is 1. The number of aromatic hydroxyl groups is 1. The van der Waals surface area contributed by atoms with Crippen molar-refractivity contribution in [3.05, 3.63) is 28.0 Å². The van der Waals surface area contributed by atoms with Gasteiger partial charge in [-0.15, -0.1) is 0 Å². The lowest BCUT2D eigenvalue weighted by Gasteiger charge is -2.07. The second kappa shape index (κ2) is 3.75. The van der Waals surface area contributed by atoms with Crippen LogP contribution in [0.3, 0.4) is 0 Å². The van der Waals surface area contributed by atoms with Crippen LogP contribution >= 0.6 is 15.9 Å². The third kappa shape index (κ3) is 1.99. The molecule has 0 saturated carbocycles. The van der Waals surface area contributed by atoms with E-state index in [1.165, 1.54) is 0 Å². The summed E-state index contributed by atoms with van der Waals surface area (Å²) in [7, 11) is 0. The fraction of sp³-hybridized carbons (Fsp3) is 0.222. The second-order valence-electron chi connectivity index (χ2n) is 2.68. The fourth-order valence-electron chi connectivity index (χ4n) is 0.986. The molecule has 1 atom stereocenters. The van der Waals surface area contributed by atoms with E-state index in [0.717, 1.165) is 12.1 Å². The minimum absolute atomic E-state index is 0.0737. The summed E-state index contributed by atoms with van der Waals surface area (Å²) >= 11 is 2.99. The molecule has 1 unspecified atom stereocenters. The lowest BCUT2D eigenvalue weighted by Crippen LogP contribution is -1.92. The van der Waals surface area contributed by atoms with Crippen LogP contribution < -0.4 is 0 Å². The van der Waals surface area contributed by atoms with Crippen LogP contribution in [0.15, 0.2) is 16.6 Å². The Morgan fingerprint density at radius 2 is 2.23 bits per heavy atom. The number of hydrogen-bond acceptors (Lipinski definition) is 2. The van der Waals surface area contributed by atoms with Gasteiger partial charge in [0, 0.05) is 5.56 Å². The minimum Gasteiger partial charge on any atom is -0.506 e. The molecule has 0 amide bonds. The van der Waals surface area contributed by atoms with Gasteiger partial charge in [-0.1, -0.05) is 0 Å². The predicted molar refractivity (Wildman–Crippen MR) is 49.8 cm³/mol. The molecule has 68 valence electrons. The molecule has 0 aliphatic carbocycles. The zero-order valence-corrected chi connectivity index (χ0v) is 8.47. The molecule has 1 N–H and O–H groups in total. The van der Waals surface area contributed by atoms with Gasteiger partial charge in [0.25, 0.3) is 0 Å². The topological polar surface area (TPSA) is 44.0 Å². The molecule has 2 nitrogen and oxygen atoms in total. The molecule has 0 heterocycles. The zero-order chi connectivity index (χ0) is 10.0. The Bertz CT molecular complexity index is 373. The van der Waals surface area contributed by atoms with E-state index in [4.69, 9.17) is 5.26 Å². The van der Waals surface area contributed by atoms with Crippen molar-refractivity contribution in [3.63, 3.8) is 0 Å². The van der Waals surface area contributed by atoms with Crippen LogP contribution in [-0.4, -0.2) is 5.11 Å². The first kappa shape index (κ1) is 10.0. The summed E-state index contributed by atoms with van der Waals surface area (Å²) in [5.74, 6) is -1.07. The standard InChI is InChI=1S/C9H7BrFNO/c1-5(4-12)7-2-6(11)3-8(10)9(7)13/h2-3,5,13H,1H3. The molecule has 0 bridgehead atoms. The number of halogens is 2. The highest BCUT2D eigenvalue weighted by molar-refractivity contribution is 9.10. The highest BCUT2D eigenvalue weighted by Gasteiger charge is 2.13. The molecule has 0 aromatic heterocycles. The molecule has 0 saturated heterocycles. The molecule has 0 aliphatic rings. The van der Waals surface area contributed by atoms with Gasteiger partial charge in [0.05, 0.1) is 16.5 Å². The first-order valence-corrected chi connectivity index (χ1v) is 4.43. The quantitative estimate of drug-likeness (QED) is 0.825. The summed E-state index contributed by atoms with van der Waals surface area (Å²) in [6, 6.07) is 4.25. The van der Waals surface area contributed by atoms with E-state index in [1.807, 2.05) is 6.07 Å². The van der Waals surface area contributed by atoms with E-state index in [2.05, 4.69) is 15.9 Å². The number of hydrogen-bond donors (Lipinski definition) is 1. The highest BCUT2D eigenvalue weighted by atomic mass is 79.9. The van der Waals surface area contributed by atoms with Crippen LogP contribution in [0.2, 0.25) is 0 Å². The van der Waals surface area contributed by atoms with Gasteiger partial charge in [0.1, 0.15) is 11.6 Å². The van der Waals surface area contributed by atoms with E-state index in [1.54, 1.807) is 6.92 Å². The first-order valence-electron chi connectivity index (χ1n) is 3.63. The highest BCUT2D eigenvalue weighted by Crippen LogP contribution is 2.33. The summed E-state index contributed by atoms with van der Waals surface area (Å²) in [6.45, 7) is 1.60. The second-order valence-corrected chi connectivity index (χ2v) is 3.53. The van der Waals surface area contributed by atoms with Crippen LogP contribution in [0, 0.1) is 17.1 Å². The lowest BCUT2D eigenvalue weighted by atomic mass is 10.0. The summed E-state index contributed by atoms with van der Waals surface area (Å²) < 4.78 is 13.1. The smallest absolute Gasteiger partial charge is 0.134 e. The van der Waals surface area contributed by atoms with Crippen LogP contribution in [0.1, 0.15) is 18.4 Å². The van der Waals surface area contributed by atoms with E-state index in [9.17, 15) is 9.50 Å². The number of benzene rings is 1. The van der Waals surface area contributed by atoms with Crippen LogP contribution in [-0.2, 0) is 0 Å². The molecule has 13 heavy (non-hydrogen) atoms. The first-order chi connectivity index (χ1) is 6.06. The van der Waals surface area contributed by atoms with Crippen molar-refractivity contribution in [2.75, 3.05) is 0 Å². The molecule has 0 aliphatic heterocycles. The van der Waals surface area contributed by atoms with Gasteiger partial charge in [-0.3, -0.25) is 0 Å². The molecule has 1 aromatic carbocycles. The molecule has 4 heteroatoms. The molecular weight excluding hydrogens is 237 g/mol. The Morgan fingerprint density at radius 3 is 2.77 bits per heavy atom. The van der Waals surface area contributed by atoms with Gasteiger partial charge in [-0.05, 0) is 35.0 Å². The number of rotatable bonds is 1. The molecule has 1 rings (SSSR count). The monoisotopic (exact) mass is 243 g/mol. The predicted octanol–water partition coefficient (Wildman–Crippen LogP) is 2.92. The fourth-order valence-corrected chi connectivity index (χ4v) is 1.43. The molecular formula is C9H7BrFNO. The normalized spacial score (nSPS) is 12.2. The largest absolute Gasteiger partial charge is 0.506 e. The van der Waals surface area contributed by atoms with Gasteiger partial charge in [-0.2, -0.15) is 5.26 Å². The van der Waals surface area contributed by atoms with Crippen molar-refractivity contribution < 1.29 is 9.50 Å². The Kier molecular flexibility index (Phi) is 2.89. The summed E-state index contributed by atoms with van der Waals surface area (Å²) in [5.41, 5.74) is 0.300. The van der Waals surface area contributed by atoms with Crippen LogP contribution in [0.5, 0.6) is 5.75 Å². The maximum Gasteiger partial charge on any atom is 0.134 e. The Balaban J connectivity index is 3.30. The number of phenolic OH excluding ortho intramolecular Hbond substituents is 1. The third-order valence-corrected chi connectivity index (χ3v) is 2.32. The van der Waals surface area contributed by atoms with Crippen LogP contribution in [0.4, 0.5) is 4.39 Å². The van der Waals surface area contributed by atoms with E-state index in [0.29, 0.717) is 5.56 Å². The van der Waals surface area contributed by atoms with Crippen molar-refractivity contribution in [1.82, 2.24) is 0 Å². The Hall–Kier alpha value is -1.08. The Morgan fingerprint density at radius 1 is 1.62 bits per heavy atom. The molecule has 0 fully saturated rings. The maximum atomic E-state index is 12.9. The average molecular weight is 244 g/mol. The van der Waals surface area contributed by atoms with Gasteiger partial charge in [-0.25, -0.2) is 4.39 Å². The summed E-state index contributed by atoms with van der Waals surface area (Å²) in [6.07, 6.45) is 0. The molecule has 1 aromatic rings. The average Bonchev–Trinajstić information content (AvgIpc) is 2.10. The lowest BCUT2D eigenvalue weighted by molar-refractivity contribution is 0.460. The van der Waals surface area contributed by atoms with E-state index < -0.39 is 11.7 Å². The molecule has 0 radical (unpaired) electrons. The van der Waals surface area contributed by atoms with E-state index >= 15 is 0 Å². The van der Waals surface area contributed by atoms with Crippen molar-refractivity contribution in [1.29, 1.82) is 5.26 Å². The SMILES string of the molecule is CC(C#N)c1cc(F)cc(Br)c1O. The van der Waals surface area contributed by atoms with Crippen molar-refractivity contribution in [2.24, 2.45) is 0 Å². The van der Waals surface area contributed by atoms with Crippen molar-refractivity contribution >= 4 is 15.9 Å². The van der Waals surface area contributed by atoms with E-state index in [-0.39, 0.29) is 10.2 Å².